The fraction of sp³-hybridized carbons (Fsp3) is 0.250. The molecule has 0 aliphatic heterocycles. The van der Waals surface area contributed by atoms with E-state index < -0.39 is 5.82 Å². The number of halogens is 1. The Morgan fingerprint density at radius 3 is 2.64 bits per heavy atom. The zero-order valence-corrected chi connectivity index (χ0v) is 6.26. The molecule has 0 bridgehead atoms. The van der Waals surface area contributed by atoms with Crippen LogP contribution in [0.2, 0.25) is 0 Å². The Morgan fingerprint density at radius 2 is 2.18 bits per heavy atom. The summed E-state index contributed by atoms with van der Waals surface area (Å²) in [7, 11) is 0. The smallest absolute Gasteiger partial charge is 0.146 e. The van der Waals surface area contributed by atoms with Crippen LogP contribution in [-0.4, -0.2) is 5.11 Å². The molecule has 3 N–H and O–H groups in total. The van der Waals surface area contributed by atoms with Gasteiger partial charge in [0.15, 0.2) is 0 Å². The van der Waals surface area contributed by atoms with E-state index in [1.165, 1.54) is 6.07 Å². The molecule has 2 nitrogen and oxygen atoms in total. The molecule has 1 aromatic carbocycles. The van der Waals surface area contributed by atoms with Gasteiger partial charge in [-0.2, -0.15) is 0 Å². The molecule has 0 unspecified atom stereocenters. The Kier molecular flexibility index (Phi) is 1.98. The van der Waals surface area contributed by atoms with E-state index in [4.69, 9.17) is 10.8 Å². The van der Waals surface area contributed by atoms with Gasteiger partial charge < -0.3 is 10.8 Å². The largest absolute Gasteiger partial charge is 0.508 e. The average molecular weight is 155 g/mol. The van der Waals surface area contributed by atoms with Crippen LogP contribution in [0.25, 0.3) is 0 Å². The highest BCUT2D eigenvalue weighted by atomic mass is 19.1. The molecule has 0 saturated heterocycles. The van der Waals surface area contributed by atoms with Crippen LogP contribution in [0.4, 0.5) is 10.1 Å². The SMILES string of the molecule is CCc1c(O)ccc(F)c1N. The summed E-state index contributed by atoms with van der Waals surface area (Å²) in [4.78, 5) is 0. The van der Waals surface area contributed by atoms with Gasteiger partial charge in [-0.15, -0.1) is 0 Å². The number of nitrogens with two attached hydrogens (primary N) is 1. The maximum atomic E-state index is 12.7. The fourth-order valence-electron chi connectivity index (χ4n) is 0.996. The number of aromatic hydroxyl groups is 1. The first kappa shape index (κ1) is 7.85. The molecular formula is C8H10FNO. The molecule has 0 aliphatic rings. The minimum Gasteiger partial charge on any atom is -0.508 e. The van der Waals surface area contributed by atoms with Crippen LogP contribution in [0.1, 0.15) is 12.5 Å². The lowest BCUT2D eigenvalue weighted by molar-refractivity contribution is 0.467. The standard InChI is InChI=1S/C8H10FNO/c1-2-5-7(11)4-3-6(9)8(5)10/h3-4,11H,2,10H2,1H3. The van der Waals surface area contributed by atoms with Crippen molar-refractivity contribution >= 4 is 5.69 Å². The van der Waals surface area contributed by atoms with Crippen LogP contribution >= 0.6 is 0 Å². The van der Waals surface area contributed by atoms with Crippen LogP contribution in [0.3, 0.4) is 0 Å². The molecular weight excluding hydrogens is 145 g/mol. The van der Waals surface area contributed by atoms with Gasteiger partial charge in [0.1, 0.15) is 11.6 Å². The minimum atomic E-state index is -0.473. The molecule has 0 amide bonds. The van der Waals surface area contributed by atoms with E-state index in [1.807, 2.05) is 6.92 Å². The molecule has 0 aromatic heterocycles. The van der Waals surface area contributed by atoms with Gasteiger partial charge in [0, 0.05) is 5.56 Å². The molecule has 0 fully saturated rings. The molecule has 3 heteroatoms. The number of phenolic OH excluding ortho intramolecular Hbond substituents is 1. The van der Waals surface area contributed by atoms with Crippen molar-refractivity contribution in [3.05, 3.63) is 23.5 Å². The Morgan fingerprint density at radius 1 is 1.55 bits per heavy atom. The van der Waals surface area contributed by atoms with Crippen LogP contribution in [0.15, 0.2) is 12.1 Å². The Labute approximate surface area is 64.5 Å². The highest BCUT2D eigenvalue weighted by Crippen LogP contribution is 2.25. The first-order valence-corrected chi connectivity index (χ1v) is 3.42. The van der Waals surface area contributed by atoms with Gasteiger partial charge in [-0.25, -0.2) is 4.39 Å². The zero-order valence-electron chi connectivity index (χ0n) is 6.26. The highest BCUT2D eigenvalue weighted by molar-refractivity contribution is 5.54. The predicted octanol–water partition coefficient (Wildman–Crippen LogP) is 1.68. The summed E-state index contributed by atoms with van der Waals surface area (Å²) in [6, 6.07) is 2.47. The fourth-order valence-corrected chi connectivity index (χ4v) is 0.996. The minimum absolute atomic E-state index is 0.0486. The van der Waals surface area contributed by atoms with E-state index in [0.717, 1.165) is 6.07 Å². The summed E-state index contributed by atoms with van der Waals surface area (Å²) in [5, 5.41) is 9.17. The van der Waals surface area contributed by atoms with Crippen molar-refractivity contribution < 1.29 is 9.50 Å². The maximum absolute atomic E-state index is 12.7. The van der Waals surface area contributed by atoms with Crippen molar-refractivity contribution in [1.82, 2.24) is 0 Å². The monoisotopic (exact) mass is 155 g/mol. The number of hydrogen-bond acceptors (Lipinski definition) is 2. The second kappa shape index (κ2) is 2.78. The molecule has 60 valence electrons. The Bertz CT molecular complexity index is 273. The molecule has 0 aliphatic carbocycles. The first-order chi connectivity index (χ1) is 5.16. The summed E-state index contributed by atoms with van der Waals surface area (Å²) < 4.78 is 12.7. The van der Waals surface area contributed by atoms with E-state index in [9.17, 15) is 4.39 Å². The highest BCUT2D eigenvalue weighted by Gasteiger charge is 2.07. The third-order valence-corrected chi connectivity index (χ3v) is 1.63. The van der Waals surface area contributed by atoms with E-state index in [0.29, 0.717) is 12.0 Å². The summed E-state index contributed by atoms with van der Waals surface area (Å²) in [5.41, 5.74) is 5.88. The molecule has 0 atom stereocenters. The quantitative estimate of drug-likeness (QED) is 0.606. The van der Waals surface area contributed by atoms with Gasteiger partial charge in [-0.05, 0) is 18.6 Å². The lowest BCUT2D eigenvalue weighted by Crippen LogP contribution is -1.96. The number of nitrogen functional groups attached to an aromatic ring is 1. The molecule has 11 heavy (non-hydrogen) atoms. The van der Waals surface area contributed by atoms with Gasteiger partial charge >= 0.3 is 0 Å². The van der Waals surface area contributed by atoms with Crippen molar-refractivity contribution in [2.45, 2.75) is 13.3 Å². The number of benzene rings is 1. The van der Waals surface area contributed by atoms with E-state index in [-0.39, 0.29) is 11.4 Å². The Hall–Kier alpha value is -1.25. The van der Waals surface area contributed by atoms with Crippen LogP contribution in [-0.2, 0) is 6.42 Å². The first-order valence-electron chi connectivity index (χ1n) is 3.42. The second-order valence-corrected chi connectivity index (χ2v) is 2.31. The van der Waals surface area contributed by atoms with Crippen LogP contribution in [0, 0.1) is 5.82 Å². The second-order valence-electron chi connectivity index (χ2n) is 2.31. The maximum Gasteiger partial charge on any atom is 0.146 e. The van der Waals surface area contributed by atoms with Crippen molar-refractivity contribution in [3.63, 3.8) is 0 Å². The summed E-state index contributed by atoms with van der Waals surface area (Å²) in [6.07, 6.45) is 0.537. The van der Waals surface area contributed by atoms with E-state index in [2.05, 4.69) is 0 Å². The summed E-state index contributed by atoms with van der Waals surface area (Å²) in [6.45, 7) is 1.81. The van der Waals surface area contributed by atoms with Gasteiger partial charge in [0.2, 0.25) is 0 Å². The van der Waals surface area contributed by atoms with Crippen LogP contribution < -0.4 is 5.73 Å². The Balaban J connectivity index is 3.29. The summed E-state index contributed by atoms with van der Waals surface area (Å²) >= 11 is 0. The van der Waals surface area contributed by atoms with Gasteiger partial charge in [0.05, 0.1) is 5.69 Å². The lowest BCUT2D eigenvalue weighted by Gasteiger charge is -2.05. The average Bonchev–Trinajstić information content (AvgIpc) is 1.99. The molecule has 0 radical (unpaired) electrons. The molecule has 0 heterocycles. The zero-order chi connectivity index (χ0) is 8.43. The van der Waals surface area contributed by atoms with Gasteiger partial charge in [0.25, 0.3) is 0 Å². The van der Waals surface area contributed by atoms with Crippen molar-refractivity contribution in [3.8, 4) is 5.75 Å². The van der Waals surface area contributed by atoms with Gasteiger partial charge in [-0.3, -0.25) is 0 Å². The molecule has 1 aromatic rings. The van der Waals surface area contributed by atoms with E-state index >= 15 is 0 Å². The third-order valence-electron chi connectivity index (χ3n) is 1.63. The van der Waals surface area contributed by atoms with Crippen LogP contribution in [0.5, 0.6) is 5.75 Å². The van der Waals surface area contributed by atoms with Crippen molar-refractivity contribution in [2.75, 3.05) is 5.73 Å². The number of phenols is 1. The van der Waals surface area contributed by atoms with Gasteiger partial charge in [-0.1, -0.05) is 6.92 Å². The van der Waals surface area contributed by atoms with Crippen molar-refractivity contribution in [1.29, 1.82) is 0 Å². The summed E-state index contributed by atoms with van der Waals surface area (Å²) in [5.74, 6) is -0.411. The van der Waals surface area contributed by atoms with Crippen molar-refractivity contribution in [2.24, 2.45) is 0 Å². The molecule has 0 saturated carbocycles. The normalized spacial score (nSPS) is 10.0. The molecule has 1 rings (SSSR count). The van der Waals surface area contributed by atoms with E-state index in [1.54, 1.807) is 0 Å². The third kappa shape index (κ3) is 1.27. The lowest BCUT2D eigenvalue weighted by atomic mass is 10.1. The predicted molar refractivity (Wildman–Crippen MR) is 41.9 cm³/mol. The molecule has 0 spiro atoms. The number of hydrogen-bond donors (Lipinski definition) is 2. The number of rotatable bonds is 1. The topological polar surface area (TPSA) is 46.2 Å². The number of anilines is 1.